The van der Waals surface area contributed by atoms with Gasteiger partial charge in [0.15, 0.2) is 13.2 Å². The largest absolute Gasteiger partial charge is 0.482 e. The number of carbonyl (C=O) groups is 2. The number of benzene rings is 4. The minimum atomic E-state index is -1.04. The molecule has 0 unspecified atom stereocenters. The molecule has 0 saturated carbocycles. The van der Waals surface area contributed by atoms with Crippen LogP contribution in [0.2, 0.25) is 0 Å². The van der Waals surface area contributed by atoms with Crippen molar-refractivity contribution in [1.82, 2.24) is 20.3 Å². The predicted octanol–water partition coefficient (Wildman–Crippen LogP) is 5.56. The Bertz CT molecular complexity index is 2220. The van der Waals surface area contributed by atoms with Gasteiger partial charge < -0.3 is 39.8 Å². The van der Waals surface area contributed by atoms with E-state index in [9.17, 15) is 9.59 Å². The number of carbonyl (C=O) groups excluding carboxylic acids is 1. The number of carboxylic acids is 1. The van der Waals surface area contributed by atoms with Crippen LogP contribution in [-0.2, 0) is 14.3 Å². The second-order valence-electron chi connectivity index (χ2n) is 12.4. The van der Waals surface area contributed by atoms with Crippen molar-refractivity contribution in [2.45, 2.75) is 26.4 Å². The molecule has 16 nitrogen and oxygen atoms in total. The number of ether oxygens (including phenoxy) is 3. The second-order valence-corrected chi connectivity index (χ2v) is 12.4. The highest BCUT2D eigenvalue weighted by Gasteiger charge is 2.17. The molecule has 0 aliphatic heterocycles. The van der Waals surface area contributed by atoms with Crippen LogP contribution in [0.1, 0.15) is 31.9 Å². The maximum absolute atomic E-state index is 11.7. The normalized spacial score (nSPS) is 10.8. The molecule has 6 rings (SSSR count). The van der Waals surface area contributed by atoms with Crippen molar-refractivity contribution >= 4 is 23.6 Å². The molecule has 0 bridgehead atoms. The minimum Gasteiger partial charge on any atom is -0.482 e. The molecular formula is C38H36N8O8. The SMILES string of the molecule is CC(C)(C)OC(=O)COc1ccc(-c2noc(-c3ccc(C(=N)N)cc3)n2)cc1.N=C(N)c1ccc(-c2nc(-c3ccc(OCC(=O)O)cc3)no2)cc1. The van der Waals surface area contributed by atoms with Gasteiger partial charge in [-0.25, -0.2) is 9.59 Å². The summed E-state index contributed by atoms with van der Waals surface area (Å²) >= 11 is 0. The molecule has 0 saturated heterocycles. The van der Waals surface area contributed by atoms with Crippen LogP contribution in [0.5, 0.6) is 11.5 Å². The standard InChI is InChI=1S/C21H22N4O4.C17H14N4O4/c1-21(2,3)28-17(26)12-27-16-10-8-14(9-11-16)19-24-20(29-25-19)15-6-4-13(5-7-15)18(22)23;18-15(19)10-1-3-12(4-2-10)17-20-16(21-25-17)11-5-7-13(8-6-11)24-9-14(22)23/h4-11H,12H2,1-3H3,(H3,22,23);1-8H,9H2,(H3,18,19)(H,22,23). The summed E-state index contributed by atoms with van der Waals surface area (Å²) in [4.78, 5) is 30.9. The Morgan fingerprint density at radius 3 is 1.35 bits per heavy atom. The van der Waals surface area contributed by atoms with E-state index in [1.807, 2.05) is 0 Å². The molecule has 0 amide bonds. The van der Waals surface area contributed by atoms with Crippen molar-refractivity contribution in [2.24, 2.45) is 11.5 Å². The van der Waals surface area contributed by atoms with Gasteiger partial charge in [0.1, 0.15) is 28.8 Å². The Kier molecular flexibility index (Phi) is 11.8. The first-order valence-electron chi connectivity index (χ1n) is 16.2. The van der Waals surface area contributed by atoms with Crippen LogP contribution >= 0.6 is 0 Å². The first kappa shape index (κ1) is 37.9. The predicted molar refractivity (Wildman–Crippen MR) is 197 cm³/mol. The lowest BCUT2D eigenvalue weighted by Gasteiger charge is -2.19. The maximum Gasteiger partial charge on any atom is 0.344 e. The van der Waals surface area contributed by atoms with Gasteiger partial charge in [-0.15, -0.1) is 0 Å². The molecule has 0 aliphatic rings. The first-order chi connectivity index (χ1) is 25.7. The second kappa shape index (κ2) is 16.8. The van der Waals surface area contributed by atoms with Gasteiger partial charge in [-0.05, 0) is 93.6 Å². The number of nitrogens with one attached hydrogen (secondary N) is 2. The van der Waals surface area contributed by atoms with Crippen LogP contribution in [0, 0.1) is 10.8 Å². The van der Waals surface area contributed by atoms with Gasteiger partial charge in [-0.2, -0.15) is 9.97 Å². The smallest absolute Gasteiger partial charge is 0.344 e. The molecule has 2 aromatic heterocycles. The number of amidine groups is 2. The van der Waals surface area contributed by atoms with Gasteiger partial charge in [0, 0.05) is 33.4 Å². The number of rotatable bonds is 12. The van der Waals surface area contributed by atoms with Crippen LogP contribution in [0.3, 0.4) is 0 Å². The van der Waals surface area contributed by atoms with Crippen LogP contribution in [0.4, 0.5) is 0 Å². The Balaban J connectivity index is 0.000000210. The van der Waals surface area contributed by atoms with E-state index in [1.54, 1.807) is 118 Å². The number of carboxylic acid groups (broad SMARTS) is 1. The number of hydrogen-bond donors (Lipinski definition) is 5. The molecule has 4 aromatic carbocycles. The summed E-state index contributed by atoms with van der Waals surface area (Å²) in [5, 5.41) is 31.3. The Morgan fingerprint density at radius 1 is 0.630 bits per heavy atom. The summed E-state index contributed by atoms with van der Waals surface area (Å²) in [6, 6.07) is 27.6. The Hall–Kier alpha value is -7.36. The molecule has 0 atom stereocenters. The highest BCUT2D eigenvalue weighted by Crippen LogP contribution is 2.26. The summed E-state index contributed by atoms with van der Waals surface area (Å²) in [5.41, 5.74) is 14.4. The van der Waals surface area contributed by atoms with Crippen molar-refractivity contribution < 1.29 is 38.0 Å². The number of esters is 1. The van der Waals surface area contributed by atoms with E-state index < -0.39 is 24.1 Å². The first-order valence-corrected chi connectivity index (χ1v) is 16.2. The van der Waals surface area contributed by atoms with E-state index in [4.69, 9.17) is 50.6 Å². The average molecular weight is 733 g/mol. The van der Waals surface area contributed by atoms with Gasteiger partial charge >= 0.3 is 11.9 Å². The van der Waals surface area contributed by atoms with E-state index in [0.29, 0.717) is 57.2 Å². The number of aliphatic carboxylic acids is 1. The number of nitrogens with zero attached hydrogens (tertiary/aromatic N) is 4. The molecule has 276 valence electrons. The van der Waals surface area contributed by atoms with Gasteiger partial charge in [0.25, 0.3) is 11.8 Å². The summed E-state index contributed by atoms with van der Waals surface area (Å²) in [7, 11) is 0. The molecule has 2 heterocycles. The molecule has 0 radical (unpaired) electrons. The zero-order valence-electron chi connectivity index (χ0n) is 29.4. The Labute approximate surface area is 308 Å². The molecule has 0 spiro atoms. The molecule has 54 heavy (non-hydrogen) atoms. The molecule has 6 aromatic rings. The van der Waals surface area contributed by atoms with Crippen molar-refractivity contribution in [3.63, 3.8) is 0 Å². The van der Waals surface area contributed by atoms with Crippen LogP contribution in [-0.4, -0.2) is 67.8 Å². The maximum atomic E-state index is 11.7. The number of nitrogens with two attached hydrogens (primary N) is 2. The zero-order valence-corrected chi connectivity index (χ0v) is 29.4. The Morgan fingerprint density at radius 2 is 1.00 bits per heavy atom. The summed E-state index contributed by atoms with van der Waals surface area (Å²) in [6.07, 6.45) is 0. The third-order valence-electron chi connectivity index (χ3n) is 7.10. The highest BCUT2D eigenvalue weighted by molar-refractivity contribution is 5.95. The minimum absolute atomic E-state index is 0.00301. The van der Waals surface area contributed by atoms with Crippen LogP contribution in [0.25, 0.3) is 45.7 Å². The number of nitrogen functional groups attached to an aromatic ring is 2. The lowest BCUT2D eigenvalue weighted by molar-refractivity contribution is -0.157. The number of aromatic nitrogens is 4. The quantitative estimate of drug-likeness (QED) is 0.0586. The molecule has 0 fully saturated rings. The van der Waals surface area contributed by atoms with Gasteiger partial charge in [0.05, 0.1) is 0 Å². The fraction of sp³-hybridized carbons (Fsp3) is 0.158. The molecular weight excluding hydrogens is 696 g/mol. The lowest BCUT2D eigenvalue weighted by Crippen LogP contribution is -2.27. The van der Waals surface area contributed by atoms with Gasteiger partial charge in [-0.1, -0.05) is 34.6 Å². The van der Waals surface area contributed by atoms with E-state index in [1.165, 1.54) is 0 Å². The van der Waals surface area contributed by atoms with Gasteiger partial charge in [0.2, 0.25) is 11.6 Å². The third-order valence-corrected chi connectivity index (χ3v) is 7.10. The van der Waals surface area contributed by atoms with Crippen LogP contribution < -0.4 is 20.9 Å². The third kappa shape index (κ3) is 10.6. The lowest BCUT2D eigenvalue weighted by atomic mass is 10.1. The summed E-state index contributed by atoms with van der Waals surface area (Å²) in [6.45, 7) is 4.84. The summed E-state index contributed by atoms with van der Waals surface area (Å²) in [5.74, 6) is 1.02. The average Bonchev–Trinajstić information content (AvgIpc) is 3.85. The zero-order chi connectivity index (χ0) is 38.8. The van der Waals surface area contributed by atoms with E-state index >= 15 is 0 Å². The van der Waals surface area contributed by atoms with E-state index in [2.05, 4.69) is 20.3 Å². The molecule has 7 N–H and O–H groups in total. The topological polar surface area (TPSA) is 260 Å². The fourth-order valence-corrected chi connectivity index (χ4v) is 4.56. The monoisotopic (exact) mass is 732 g/mol. The van der Waals surface area contributed by atoms with E-state index in [-0.39, 0.29) is 18.3 Å². The van der Waals surface area contributed by atoms with Crippen molar-refractivity contribution in [2.75, 3.05) is 13.2 Å². The molecule has 0 aliphatic carbocycles. The number of hydrogen-bond acceptors (Lipinski definition) is 13. The van der Waals surface area contributed by atoms with Crippen molar-refractivity contribution in [3.8, 4) is 57.2 Å². The van der Waals surface area contributed by atoms with Crippen molar-refractivity contribution in [3.05, 3.63) is 108 Å². The van der Waals surface area contributed by atoms with Gasteiger partial charge in [-0.3, -0.25) is 10.8 Å². The molecule has 16 heteroatoms. The fourth-order valence-electron chi connectivity index (χ4n) is 4.56. The van der Waals surface area contributed by atoms with Crippen molar-refractivity contribution in [1.29, 1.82) is 10.8 Å². The summed E-state index contributed by atoms with van der Waals surface area (Å²) < 4.78 is 26.3. The van der Waals surface area contributed by atoms with Crippen LogP contribution in [0.15, 0.2) is 106 Å². The highest BCUT2D eigenvalue weighted by atomic mass is 16.6. The van der Waals surface area contributed by atoms with E-state index in [0.717, 1.165) is 11.1 Å².